The molecule has 0 saturated carbocycles. The van der Waals surface area contributed by atoms with Crippen molar-refractivity contribution in [2.45, 2.75) is 97.1 Å². The molecule has 5 heteroatoms. The van der Waals surface area contributed by atoms with Crippen LogP contribution in [0.2, 0.25) is 34.8 Å². The fourth-order valence-corrected chi connectivity index (χ4v) is 10.6. The fourth-order valence-electron chi connectivity index (χ4n) is 3.99. The van der Waals surface area contributed by atoms with Gasteiger partial charge in [-0.05, 0) is 45.9 Å². The highest BCUT2D eigenvalue weighted by atomic mass is 28.4. The maximum atomic E-state index is 12.9. The van der Waals surface area contributed by atoms with Crippen molar-refractivity contribution in [3.8, 4) is 5.75 Å². The first-order valence-corrected chi connectivity index (χ1v) is 15.6. The number of carbonyl (C=O) groups excluding carboxylic acids is 2. The summed E-state index contributed by atoms with van der Waals surface area (Å²) in [6.45, 7) is 23.6. The summed E-state index contributed by atoms with van der Waals surface area (Å²) >= 11 is 0. The molecule has 0 saturated heterocycles. The second-order valence-electron chi connectivity index (χ2n) is 10.5. The predicted molar refractivity (Wildman–Crippen MR) is 125 cm³/mol. The van der Waals surface area contributed by atoms with Crippen molar-refractivity contribution in [2.24, 2.45) is 0 Å². The molecule has 0 atom stereocenters. The summed E-state index contributed by atoms with van der Waals surface area (Å²) in [6, 6.07) is 7.23. The smallest absolute Gasteiger partial charge is 0.258 e. The van der Waals surface area contributed by atoms with Crippen LogP contribution in [-0.2, 0) is 4.79 Å². The average Bonchev–Trinajstić information content (AvgIpc) is 2.56. The second-order valence-corrected chi connectivity index (χ2v) is 21.1. The molecule has 158 valence electrons. The van der Waals surface area contributed by atoms with Gasteiger partial charge in [0.05, 0.1) is 0 Å². The van der Waals surface area contributed by atoms with Crippen molar-refractivity contribution in [2.75, 3.05) is 0 Å². The Balaban J connectivity index is 3.15. The van der Waals surface area contributed by atoms with E-state index >= 15 is 0 Å². The Labute approximate surface area is 174 Å². The van der Waals surface area contributed by atoms with Gasteiger partial charge in [0.25, 0.3) is 8.32 Å². The molecule has 28 heavy (non-hydrogen) atoms. The van der Waals surface area contributed by atoms with E-state index in [0.29, 0.717) is 22.2 Å². The molecule has 0 unspecified atom stereocenters. The Morgan fingerprint density at radius 2 is 1.21 bits per heavy atom. The molecule has 1 aromatic rings. The average molecular weight is 421 g/mol. The van der Waals surface area contributed by atoms with Crippen molar-refractivity contribution in [1.82, 2.24) is 0 Å². The van der Waals surface area contributed by atoms with Gasteiger partial charge in [-0.2, -0.15) is 0 Å². The molecule has 1 aromatic carbocycles. The predicted octanol–water partition coefficient (Wildman–Crippen LogP) is 7.04. The minimum absolute atomic E-state index is 0.153. The minimum Gasteiger partial charge on any atom is -0.543 e. The number of carbonyl (C=O) groups is 2. The van der Waals surface area contributed by atoms with E-state index < -0.39 is 16.4 Å². The summed E-state index contributed by atoms with van der Waals surface area (Å²) in [5, 5.41) is -0.358. The van der Waals surface area contributed by atoms with E-state index in [1.807, 2.05) is 25.2 Å². The summed E-state index contributed by atoms with van der Waals surface area (Å²) in [4.78, 5) is 25.7. The van der Waals surface area contributed by atoms with Gasteiger partial charge >= 0.3 is 0 Å². The Hall–Kier alpha value is -1.21. The van der Waals surface area contributed by atoms with Crippen molar-refractivity contribution in [3.05, 3.63) is 29.8 Å². The number of hydrogen-bond acceptors (Lipinski definition) is 3. The SMILES string of the molecule is CC(C)[Si](Oc1ccc(C(=O)C(=O)[Si](C)(C)C(C)(C)C)cc1)(C(C)C)C(C)C. The van der Waals surface area contributed by atoms with E-state index in [0.717, 1.165) is 5.75 Å². The quantitative estimate of drug-likeness (QED) is 0.257. The number of benzene rings is 1. The molecule has 0 amide bonds. The molecule has 0 radical (unpaired) electrons. The summed E-state index contributed by atoms with van der Waals surface area (Å²) < 4.78 is 6.65. The largest absolute Gasteiger partial charge is 0.543 e. The Morgan fingerprint density at radius 3 is 1.54 bits per heavy atom. The molecule has 0 fully saturated rings. The Morgan fingerprint density at radius 1 is 0.821 bits per heavy atom. The highest BCUT2D eigenvalue weighted by Crippen LogP contribution is 2.43. The van der Waals surface area contributed by atoms with E-state index in [4.69, 9.17) is 4.43 Å². The van der Waals surface area contributed by atoms with Crippen LogP contribution in [0.5, 0.6) is 5.75 Å². The molecular formula is C23H40O3Si2. The lowest BCUT2D eigenvalue weighted by Crippen LogP contribution is -2.50. The minimum atomic E-state index is -2.36. The Bertz CT molecular complexity index is 674. The molecule has 0 aliphatic rings. The zero-order valence-corrected chi connectivity index (χ0v) is 21.8. The van der Waals surface area contributed by atoms with E-state index in [1.54, 1.807) is 12.1 Å². The van der Waals surface area contributed by atoms with Crippen LogP contribution in [0.4, 0.5) is 0 Å². The van der Waals surface area contributed by atoms with Crippen LogP contribution in [0, 0.1) is 0 Å². The Kier molecular flexibility index (Phi) is 7.68. The van der Waals surface area contributed by atoms with E-state index in [2.05, 4.69) is 62.3 Å². The topological polar surface area (TPSA) is 43.4 Å². The monoisotopic (exact) mass is 420 g/mol. The van der Waals surface area contributed by atoms with Crippen molar-refractivity contribution < 1.29 is 14.0 Å². The number of hydrogen-bond donors (Lipinski definition) is 0. The molecule has 0 aliphatic carbocycles. The van der Waals surface area contributed by atoms with Crippen LogP contribution in [0.25, 0.3) is 0 Å². The molecule has 0 N–H and O–H groups in total. The first-order chi connectivity index (χ1) is 12.6. The molecule has 0 heterocycles. The summed E-state index contributed by atoms with van der Waals surface area (Å²) in [7, 11) is -4.40. The van der Waals surface area contributed by atoms with Gasteiger partial charge in [-0.15, -0.1) is 0 Å². The van der Waals surface area contributed by atoms with Gasteiger partial charge < -0.3 is 4.43 Å². The number of ketones is 1. The molecule has 1 rings (SSSR count). The molecule has 3 nitrogen and oxygen atoms in total. The van der Waals surface area contributed by atoms with Crippen LogP contribution in [0.15, 0.2) is 24.3 Å². The van der Waals surface area contributed by atoms with E-state index in [-0.39, 0.29) is 16.2 Å². The second kappa shape index (κ2) is 8.66. The van der Waals surface area contributed by atoms with E-state index in [1.165, 1.54) is 0 Å². The fraction of sp³-hybridized carbons (Fsp3) is 0.652. The van der Waals surface area contributed by atoms with E-state index in [9.17, 15) is 9.59 Å². The molecular weight excluding hydrogens is 380 g/mol. The lowest BCUT2D eigenvalue weighted by molar-refractivity contribution is -0.109. The first-order valence-electron chi connectivity index (χ1n) is 10.5. The van der Waals surface area contributed by atoms with Crippen molar-refractivity contribution in [1.29, 1.82) is 0 Å². The van der Waals surface area contributed by atoms with Gasteiger partial charge in [0.2, 0.25) is 5.78 Å². The van der Waals surface area contributed by atoms with Crippen LogP contribution in [0.3, 0.4) is 0 Å². The summed E-state index contributed by atoms with van der Waals surface area (Å²) in [6.07, 6.45) is 0. The van der Waals surface area contributed by atoms with Gasteiger partial charge in [0, 0.05) is 5.56 Å². The number of Topliss-reactive ketones (excluding diaryl/α,β-unsaturated/α-hetero) is 1. The van der Waals surface area contributed by atoms with Crippen molar-refractivity contribution in [3.63, 3.8) is 0 Å². The molecule has 0 aliphatic heterocycles. The van der Waals surface area contributed by atoms with Crippen LogP contribution in [0.1, 0.15) is 72.7 Å². The molecule has 0 aromatic heterocycles. The zero-order valence-electron chi connectivity index (χ0n) is 19.8. The lowest BCUT2D eigenvalue weighted by Gasteiger charge is -2.42. The first kappa shape index (κ1) is 24.8. The van der Waals surface area contributed by atoms with Crippen LogP contribution < -0.4 is 4.43 Å². The summed E-state index contributed by atoms with van der Waals surface area (Å²) in [5.74, 6) is 0.442. The highest BCUT2D eigenvalue weighted by Gasteiger charge is 2.47. The maximum Gasteiger partial charge on any atom is 0.258 e. The number of rotatable bonds is 8. The standard InChI is InChI=1S/C23H40O3Si2/c1-16(2)28(17(3)4,18(5)6)26-20-14-12-19(13-15-20)21(24)22(25)27(10,11)23(7,8)9/h12-18H,1-11H3. The van der Waals surface area contributed by atoms with Crippen molar-refractivity contribution >= 4 is 27.6 Å². The highest BCUT2D eigenvalue weighted by molar-refractivity contribution is 7.14. The van der Waals surface area contributed by atoms with Gasteiger partial charge in [-0.25, -0.2) is 0 Å². The molecule has 0 bridgehead atoms. The third kappa shape index (κ3) is 4.68. The van der Waals surface area contributed by atoms with Crippen LogP contribution >= 0.6 is 0 Å². The lowest BCUT2D eigenvalue weighted by atomic mass is 10.1. The summed E-state index contributed by atoms with van der Waals surface area (Å²) in [5.41, 5.74) is 1.91. The van der Waals surface area contributed by atoms with Crippen LogP contribution in [-0.4, -0.2) is 27.6 Å². The maximum absolute atomic E-state index is 12.9. The zero-order chi connectivity index (χ0) is 22.1. The normalized spacial score (nSPS) is 13.4. The van der Waals surface area contributed by atoms with Gasteiger partial charge in [-0.1, -0.05) is 75.4 Å². The van der Waals surface area contributed by atoms with Gasteiger partial charge in [0.1, 0.15) is 13.8 Å². The molecule has 0 spiro atoms. The van der Waals surface area contributed by atoms with Gasteiger partial charge in [-0.3, -0.25) is 9.59 Å². The third-order valence-electron chi connectivity index (χ3n) is 6.77. The third-order valence-corrected chi connectivity index (χ3v) is 17.9. The van der Waals surface area contributed by atoms with Gasteiger partial charge in [0.15, 0.2) is 5.41 Å².